The number of nitrogens with one attached hydrogen (secondary N) is 1. The summed E-state index contributed by atoms with van der Waals surface area (Å²) in [5.74, 6) is -0.366. The molecule has 2 rings (SSSR count). The Morgan fingerprint density at radius 3 is 2.68 bits per heavy atom. The summed E-state index contributed by atoms with van der Waals surface area (Å²) in [7, 11) is 0. The van der Waals surface area contributed by atoms with Crippen LogP contribution in [-0.4, -0.2) is 28.1 Å². The fraction of sp³-hybridized carbons (Fsp3) is 0.462. The molecule has 19 heavy (non-hydrogen) atoms. The van der Waals surface area contributed by atoms with Gasteiger partial charge in [0.05, 0.1) is 17.1 Å². The quantitative estimate of drug-likeness (QED) is 0.637. The van der Waals surface area contributed by atoms with Gasteiger partial charge in [-0.1, -0.05) is 6.07 Å². The third-order valence-corrected chi connectivity index (χ3v) is 3.67. The highest BCUT2D eigenvalue weighted by Crippen LogP contribution is 2.31. The Labute approximate surface area is 110 Å². The molecule has 1 amide bonds. The van der Waals surface area contributed by atoms with Gasteiger partial charge in [0, 0.05) is 17.7 Å². The SMILES string of the molecule is Cc1ccc([N+](=O)[O-])cc1C(=O)NC1(CO)CCC1. The number of non-ortho nitro benzene ring substituents is 1. The van der Waals surface area contributed by atoms with Gasteiger partial charge < -0.3 is 10.4 Å². The van der Waals surface area contributed by atoms with Crippen LogP contribution in [0.4, 0.5) is 5.69 Å². The van der Waals surface area contributed by atoms with Gasteiger partial charge in [0.2, 0.25) is 0 Å². The van der Waals surface area contributed by atoms with E-state index in [1.807, 2.05) is 0 Å². The molecular weight excluding hydrogens is 248 g/mol. The number of aliphatic hydroxyl groups excluding tert-OH is 1. The molecule has 102 valence electrons. The molecule has 0 saturated heterocycles. The molecular formula is C13H16N2O4. The van der Waals surface area contributed by atoms with E-state index in [0.29, 0.717) is 5.56 Å². The van der Waals surface area contributed by atoms with Crippen LogP contribution in [-0.2, 0) is 0 Å². The molecule has 0 heterocycles. The minimum absolute atomic E-state index is 0.104. The van der Waals surface area contributed by atoms with E-state index in [1.165, 1.54) is 12.1 Å². The van der Waals surface area contributed by atoms with Gasteiger partial charge in [0.25, 0.3) is 11.6 Å². The van der Waals surface area contributed by atoms with Crippen molar-refractivity contribution in [2.24, 2.45) is 0 Å². The number of carbonyl (C=O) groups excluding carboxylic acids is 1. The van der Waals surface area contributed by atoms with Gasteiger partial charge >= 0.3 is 0 Å². The molecule has 6 nitrogen and oxygen atoms in total. The van der Waals surface area contributed by atoms with Crippen LogP contribution in [0.2, 0.25) is 0 Å². The number of hydrogen-bond acceptors (Lipinski definition) is 4. The summed E-state index contributed by atoms with van der Waals surface area (Å²) in [6.07, 6.45) is 2.45. The number of amides is 1. The first-order valence-electron chi connectivity index (χ1n) is 6.16. The summed E-state index contributed by atoms with van der Waals surface area (Å²) in [4.78, 5) is 22.4. The summed E-state index contributed by atoms with van der Waals surface area (Å²) < 4.78 is 0. The molecule has 0 aliphatic heterocycles. The van der Waals surface area contributed by atoms with Crippen molar-refractivity contribution in [2.45, 2.75) is 31.7 Å². The summed E-state index contributed by atoms with van der Waals surface area (Å²) in [6.45, 7) is 1.62. The minimum atomic E-state index is -0.547. The summed E-state index contributed by atoms with van der Waals surface area (Å²) in [5, 5.41) is 22.8. The molecule has 6 heteroatoms. The van der Waals surface area contributed by atoms with Crippen LogP contribution < -0.4 is 5.32 Å². The third-order valence-electron chi connectivity index (χ3n) is 3.67. The Bertz CT molecular complexity index is 518. The molecule has 0 bridgehead atoms. The standard InChI is InChI=1S/C13H16N2O4/c1-9-3-4-10(15(18)19)7-11(9)12(17)14-13(8-16)5-2-6-13/h3-4,7,16H,2,5-6,8H2,1H3,(H,14,17). The van der Waals surface area contributed by atoms with Crippen molar-refractivity contribution in [2.75, 3.05) is 6.61 Å². The lowest BCUT2D eigenvalue weighted by molar-refractivity contribution is -0.384. The molecule has 1 saturated carbocycles. The second kappa shape index (κ2) is 4.97. The van der Waals surface area contributed by atoms with E-state index < -0.39 is 10.5 Å². The Morgan fingerprint density at radius 1 is 1.53 bits per heavy atom. The lowest BCUT2D eigenvalue weighted by Gasteiger charge is -2.41. The number of nitrogens with zero attached hydrogens (tertiary/aromatic N) is 1. The topological polar surface area (TPSA) is 92.5 Å². The molecule has 0 unspecified atom stereocenters. The molecule has 0 aromatic heterocycles. The molecule has 1 aromatic rings. The highest BCUT2D eigenvalue weighted by molar-refractivity contribution is 5.96. The predicted molar refractivity (Wildman–Crippen MR) is 69.0 cm³/mol. The number of aliphatic hydroxyl groups is 1. The van der Waals surface area contributed by atoms with E-state index in [4.69, 9.17) is 0 Å². The number of nitro benzene ring substituents is 1. The van der Waals surface area contributed by atoms with E-state index >= 15 is 0 Å². The molecule has 1 aliphatic rings. The van der Waals surface area contributed by atoms with Crippen molar-refractivity contribution >= 4 is 11.6 Å². The number of hydrogen-bond donors (Lipinski definition) is 2. The van der Waals surface area contributed by atoms with Crippen molar-refractivity contribution in [1.29, 1.82) is 0 Å². The summed E-state index contributed by atoms with van der Waals surface area (Å²) >= 11 is 0. The van der Waals surface area contributed by atoms with Gasteiger partial charge in [-0.3, -0.25) is 14.9 Å². The molecule has 0 atom stereocenters. The van der Waals surface area contributed by atoms with Crippen molar-refractivity contribution in [3.05, 3.63) is 39.4 Å². The van der Waals surface area contributed by atoms with Crippen molar-refractivity contribution in [3.8, 4) is 0 Å². The van der Waals surface area contributed by atoms with Gasteiger partial charge in [0.1, 0.15) is 0 Å². The first kappa shape index (κ1) is 13.5. The zero-order chi connectivity index (χ0) is 14.0. The maximum absolute atomic E-state index is 12.2. The highest BCUT2D eigenvalue weighted by Gasteiger charge is 2.38. The smallest absolute Gasteiger partial charge is 0.270 e. The zero-order valence-electron chi connectivity index (χ0n) is 10.7. The van der Waals surface area contributed by atoms with Gasteiger partial charge in [-0.05, 0) is 31.7 Å². The second-order valence-electron chi connectivity index (χ2n) is 5.00. The lowest BCUT2D eigenvalue weighted by atomic mass is 9.77. The molecule has 0 radical (unpaired) electrons. The largest absolute Gasteiger partial charge is 0.394 e. The first-order chi connectivity index (χ1) is 8.97. The van der Waals surface area contributed by atoms with Crippen LogP contribution in [0.25, 0.3) is 0 Å². The van der Waals surface area contributed by atoms with E-state index in [2.05, 4.69) is 5.32 Å². The number of carbonyl (C=O) groups is 1. The average Bonchev–Trinajstić information content (AvgIpc) is 2.33. The Hall–Kier alpha value is -1.95. The molecule has 0 spiro atoms. The fourth-order valence-corrected chi connectivity index (χ4v) is 2.20. The number of rotatable bonds is 4. The first-order valence-corrected chi connectivity index (χ1v) is 6.16. The van der Waals surface area contributed by atoms with Crippen molar-refractivity contribution < 1.29 is 14.8 Å². The van der Waals surface area contributed by atoms with Crippen molar-refractivity contribution in [3.63, 3.8) is 0 Å². The molecule has 2 N–H and O–H groups in total. The van der Waals surface area contributed by atoms with Crippen LogP contribution in [0.15, 0.2) is 18.2 Å². The molecule has 1 aliphatic carbocycles. The highest BCUT2D eigenvalue weighted by atomic mass is 16.6. The zero-order valence-corrected chi connectivity index (χ0v) is 10.7. The third kappa shape index (κ3) is 2.58. The number of benzene rings is 1. The van der Waals surface area contributed by atoms with E-state index in [0.717, 1.165) is 19.3 Å². The van der Waals surface area contributed by atoms with Gasteiger partial charge in [0.15, 0.2) is 0 Å². The minimum Gasteiger partial charge on any atom is -0.394 e. The van der Waals surface area contributed by atoms with E-state index in [9.17, 15) is 20.0 Å². The van der Waals surface area contributed by atoms with Gasteiger partial charge in [-0.2, -0.15) is 0 Å². The average molecular weight is 264 g/mol. The van der Waals surface area contributed by atoms with Crippen LogP contribution in [0, 0.1) is 17.0 Å². The number of nitro groups is 1. The van der Waals surface area contributed by atoms with Gasteiger partial charge in [-0.25, -0.2) is 0 Å². The maximum Gasteiger partial charge on any atom is 0.270 e. The summed E-state index contributed by atoms with van der Waals surface area (Å²) in [5.41, 5.74) is 0.306. The Kier molecular flexibility index (Phi) is 3.53. The molecule has 1 aromatic carbocycles. The normalized spacial score (nSPS) is 16.5. The van der Waals surface area contributed by atoms with Crippen LogP contribution in [0.3, 0.4) is 0 Å². The van der Waals surface area contributed by atoms with Crippen LogP contribution in [0.5, 0.6) is 0 Å². The van der Waals surface area contributed by atoms with E-state index in [1.54, 1.807) is 13.0 Å². The summed E-state index contributed by atoms with van der Waals surface area (Å²) in [6, 6.07) is 4.20. The number of aryl methyl sites for hydroxylation is 1. The van der Waals surface area contributed by atoms with Crippen LogP contribution in [0.1, 0.15) is 35.2 Å². The monoisotopic (exact) mass is 264 g/mol. The Balaban J connectivity index is 2.23. The van der Waals surface area contributed by atoms with Crippen LogP contribution >= 0.6 is 0 Å². The maximum atomic E-state index is 12.2. The second-order valence-corrected chi connectivity index (χ2v) is 5.00. The van der Waals surface area contributed by atoms with Gasteiger partial charge in [-0.15, -0.1) is 0 Å². The van der Waals surface area contributed by atoms with E-state index in [-0.39, 0.29) is 23.8 Å². The lowest BCUT2D eigenvalue weighted by Crippen LogP contribution is -2.56. The Morgan fingerprint density at radius 2 is 2.21 bits per heavy atom. The van der Waals surface area contributed by atoms with Crippen molar-refractivity contribution in [1.82, 2.24) is 5.32 Å². The molecule has 1 fully saturated rings. The predicted octanol–water partition coefficient (Wildman–Crippen LogP) is 1.55. The fourth-order valence-electron chi connectivity index (χ4n) is 2.20.